The van der Waals surface area contributed by atoms with Crippen LogP contribution in [0, 0.1) is 6.92 Å². The molecule has 0 bridgehead atoms. The predicted molar refractivity (Wildman–Crippen MR) is 99.8 cm³/mol. The molecule has 0 aliphatic rings. The molecule has 124 valence electrons. The Morgan fingerprint density at radius 3 is 2.04 bits per heavy atom. The summed E-state index contributed by atoms with van der Waals surface area (Å²) in [5.41, 5.74) is 2.36. The van der Waals surface area contributed by atoms with Crippen molar-refractivity contribution in [3.05, 3.63) is 90.0 Å². The van der Waals surface area contributed by atoms with E-state index < -0.39 is 0 Å². The highest BCUT2D eigenvalue weighted by Gasteiger charge is 2.01. The van der Waals surface area contributed by atoms with E-state index in [9.17, 15) is 0 Å². The Balaban J connectivity index is 0.00000100. The maximum absolute atomic E-state index is 5.85. The second-order valence-corrected chi connectivity index (χ2v) is 5.16. The molecule has 0 amide bonds. The standard InChI is InChI=1S/C20H18O2.C2H6/c1-16-10-12-18(13-11-16)22-20-9-5-8-19(14-20)21-15-17-6-3-2-4-7-17;1-2/h2-14H,15H2,1H3;1-2H3. The van der Waals surface area contributed by atoms with Crippen LogP contribution in [0.5, 0.6) is 17.2 Å². The largest absolute Gasteiger partial charge is 0.489 e. The lowest BCUT2D eigenvalue weighted by molar-refractivity contribution is 0.304. The van der Waals surface area contributed by atoms with Crippen LogP contribution in [0.2, 0.25) is 0 Å². The van der Waals surface area contributed by atoms with Gasteiger partial charge in [0.2, 0.25) is 0 Å². The fourth-order valence-electron chi connectivity index (χ4n) is 2.11. The van der Waals surface area contributed by atoms with Gasteiger partial charge in [-0.15, -0.1) is 0 Å². The van der Waals surface area contributed by atoms with Gasteiger partial charge in [-0.05, 0) is 36.8 Å². The number of aryl methyl sites for hydroxylation is 1. The summed E-state index contributed by atoms with van der Waals surface area (Å²) < 4.78 is 11.7. The Kier molecular flexibility index (Phi) is 6.91. The molecule has 3 aromatic carbocycles. The molecule has 0 atom stereocenters. The molecule has 0 aliphatic carbocycles. The number of hydrogen-bond donors (Lipinski definition) is 0. The molecule has 0 aromatic heterocycles. The van der Waals surface area contributed by atoms with Crippen LogP contribution in [0.25, 0.3) is 0 Å². The van der Waals surface area contributed by atoms with E-state index in [-0.39, 0.29) is 0 Å². The van der Waals surface area contributed by atoms with E-state index >= 15 is 0 Å². The van der Waals surface area contributed by atoms with Gasteiger partial charge in [-0.1, -0.05) is 67.9 Å². The predicted octanol–water partition coefficient (Wildman–Crippen LogP) is 6.39. The molecule has 0 radical (unpaired) electrons. The van der Waals surface area contributed by atoms with Crippen molar-refractivity contribution in [2.24, 2.45) is 0 Å². The SMILES string of the molecule is CC.Cc1ccc(Oc2cccc(OCc3ccccc3)c2)cc1. The van der Waals surface area contributed by atoms with Crippen LogP contribution >= 0.6 is 0 Å². The molecule has 0 N–H and O–H groups in total. The highest BCUT2D eigenvalue weighted by atomic mass is 16.5. The van der Waals surface area contributed by atoms with Crippen molar-refractivity contribution in [1.82, 2.24) is 0 Å². The first-order valence-electron chi connectivity index (χ1n) is 8.31. The number of hydrogen-bond acceptors (Lipinski definition) is 2. The van der Waals surface area contributed by atoms with E-state index in [1.54, 1.807) is 0 Å². The summed E-state index contributed by atoms with van der Waals surface area (Å²) in [5, 5.41) is 0. The summed E-state index contributed by atoms with van der Waals surface area (Å²) in [5.74, 6) is 2.40. The Bertz CT molecular complexity index is 718. The van der Waals surface area contributed by atoms with Gasteiger partial charge in [0.25, 0.3) is 0 Å². The van der Waals surface area contributed by atoms with E-state index in [0.29, 0.717) is 6.61 Å². The van der Waals surface area contributed by atoms with Crippen LogP contribution in [-0.2, 0) is 6.61 Å². The highest BCUT2D eigenvalue weighted by molar-refractivity contribution is 5.37. The fraction of sp³-hybridized carbons (Fsp3) is 0.182. The third kappa shape index (κ3) is 5.47. The van der Waals surface area contributed by atoms with Crippen molar-refractivity contribution < 1.29 is 9.47 Å². The van der Waals surface area contributed by atoms with E-state index in [4.69, 9.17) is 9.47 Å². The van der Waals surface area contributed by atoms with E-state index in [1.807, 2.05) is 92.7 Å². The average Bonchev–Trinajstić information content (AvgIpc) is 2.65. The molecule has 0 fully saturated rings. The second-order valence-electron chi connectivity index (χ2n) is 5.16. The minimum atomic E-state index is 0.550. The maximum Gasteiger partial charge on any atom is 0.131 e. The van der Waals surface area contributed by atoms with Crippen molar-refractivity contribution >= 4 is 0 Å². The highest BCUT2D eigenvalue weighted by Crippen LogP contribution is 2.25. The minimum Gasteiger partial charge on any atom is -0.489 e. The lowest BCUT2D eigenvalue weighted by Gasteiger charge is -2.09. The lowest BCUT2D eigenvalue weighted by Crippen LogP contribution is -1.95. The summed E-state index contributed by atoms with van der Waals surface area (Å²) in [6, 6.07) is 25.8. The monoisotopic (exact) mass is 320 g/mol. The Labute approximate surface area is 144 Å². The van der Waals surface area contributed by atoms with Gasteiger partial charge in [0, 0.05) is 6.07 Å². The third-order valence-electron chi connectivity index (χ3n) is 3.31. The van der Waals surface area contributed by atoms with E-state index in [1.165, 1.54) is 5.56 Å². The van der Waals surface area contributed by atoms with Crippen LogP contribution in [-0.4, -0.2) is 0 Å². The summed E-state index contributed by atoms with van der Waals surface area (Å²) in [4.78, 5) is 0. The van der Waals surface area contributed by atoms with Gasteiger partial charge in [-0.25, -0.2) is 0 Å². The number of benzene rings is 3. The second kappa shape index (κ2) is 9.41. The van der Waals surface area contributed by atoms with Crippen LogP contribution in [0.1, 0.15) is 25.0 Å². The fourth-order valence-corrected chi connectivity index (χ4v) is 2.11. The third-order valence-corrected chi connectivity index (χ3v) is 3.31. The van der Waals surface area contributed by atoms with Gasteiger partial charge >= 0.3 is 0 Å². The molecular weight excluding hydrogens is 296 g/mol. The van der Waals surface area contributed by atoms with Crippen LogP contribution in [0.3, 0.4) is 0 Å². The Morgan fingerprint density at radius 1 is 0.667 bits per heavy atom. The molecule has 0 saturated carbocycles. The van der Waals surface area contributed by atoms with Crippen molar-refractivity contribution in [3.63, 3.8) is 0 Å². The first-order valence-corrected chi connectivity index (χ1v) is 8.31. The molecule has 2 nitrogen and oxygen atoms in total. The number of ether oxygens (including phenoxy) is 2. The molecule has 0 saturated heterocycles. The Hall–Kier alpha value is -2.74. The normalized spacial score (nSPS) is 9.62. The molecule has 3 aromatic rings. The molecule has 0 aliphatic heterocycles. The van der Waals surface area contributed by atoms with Gasteiger partial charge < -0.3 is 9.47 Å². The van der Waals surface area contributed by atoms with Crippen LogP contribution in [0.15, 0.2) is 78.9 Å². The molecular formula is C22H24O2. The van der Waals surface area contributed by atoms with Crippen molar-refractivity contribution in [3.8, 4) is 17.2 Å². The zero-order valence-corrected chi connectivity index (χ0v) is 14.5. The zero-order valence-electron chi connectivity index (χ0n) is 14.5. The van der Waals surface area contributed by atoms with Crippen molar-refractivity contribution in [1.29, 1.82) is 0 Å². The van der Waals surface area contributed by atoms with E-state index in [0.717, 1.165) is 22.8 Å². The quantitative estimate of drug-likeness (QED) is 0.542. The molecule has 24 heavy (non-hydrogen) atoms. The van der Waals surface area contributed by atoms with Gasteiger partial charge in [-0.3, -0.25) is 0 Å². The molecule has 3 rings (SSSR count). The topological polar surface area (TPSA) is 18.5 Å². The molecule has 0 unspecified atom stereocenters. The summed E-state index contributed by atoms with van der Waals surface area (Å²) in [7, 11) is 0. The summed E-state index contributed by atoms with van der Waals surface area (Å²) in [6.07, 6.45) is 0. The van der Waals surface area contributed by atoms with E-state index in [2.05, 4.69) is 6.92 Å². The Morgan fingerprint density at radius 2 is 1.33 bits per heavy atom. The first kappa shape index (κ1) is 17.6. The lowest BCUT2D eigenvalue weighted by atomic mass is 10.2. The van der Waals surface area contributed by atoms with Crippen molar-refractivity contribution in [2.75, 3.05) is 0 Å². The minimum absolute atomic E-state index is 0.550. The van der Waals surface area contributed by atoms with Gasteiger partial charge in [-0.2, -0.15) is 0 Å². The van der Waals surface area contributed by atoms with Crippen LogP contribution in [0.4, 0.5) is 0 Å². The molecule has 0 spiro atoms. The molecule has 0 heterocycles. The summed E-state index contributed by atoms with van der Waals surface area (Å²) in [6.45, 7) is 6.61. The van der Waals surface area contributed by atoms with Gasteiger partial charge in [0.1, 0.15) is 23.9 Å². The molecule has 2 heteroatoms. The number of rotatable bonds is 5. The first-order chi connectivity index (χ1) is 11.8. The summed E-state index contributed by atoms with van der Waals surface area (Å²) >= 11 is 0. The average molecular weight is 320 g/mol. The zero-order chi connectivity index (χ0) is 17.2. The van der Waals surface area contributed by atoms with Crippen LogP contribution < -0.4 is 9.47 Å². The smallest absolute Gasteiger partial charge is 0.131 e. The maximum atomic E-state index is 5.85. The van der Waals surface area contributed by atoms with Gasteiger partial charge in [0.15, 0.2) is 0 Å². The van der Waals surface area contributed by atoms with Gasteiger partial charge in [0.05, 0.1) is 0 Å². The van der Waals surface area contributed by atoms with Crippen molar-refractivity contribution in [2.45, 2.75) is 27.4 Å².